The van der Waals surface area contributed by atoms with Gasteiger partial charge in [0.25, 0.3) is 0 Å². The monoisotopic (exact) mass is 194 g/mol. The number of carbonyl (C=O) groups is 1. The maximum Gasteiger partial charge on any atom is 0.327 e. The lowest BCUT2D eigenvalue weighted by atomic mass is 9.85. The van der Waals surface area contributed by atoms with E-state index in [1.807, 2.05) is 6.19 Å². The highest BCUT2D eigenvalue weighted by molar-refractivity contribution is 5.74. The minimum atomic E-state index is -0.846. The summed E-state index contributed by atoms with van der Waals surface area (Å²) in [4.78, 5) is 12.4. The first-order valence-corrected chi connectivity index (χ1v) is 5.15. The Kier molecular flexibility index (Phi) is 2.32. The van der Waals surface area contributed by atoms with Crippen molar-refractivity contribution < 1.29 is 9.90 Å². The molecule has 3 atom stereocenters. The number of carboxylic acid groups (broad SMARTS) is 1. The van der Waals surface area contributed by atoms with Crippen LogP contribution in [0.4, 0.5) is 0 Å². The lowest BCUT2D eigenvalue weighted by Crippen LogP contribution is -2.38. The van der Waals surface area contributed by atoms with Gasteiger partial charge in [-0.05, 0) is 25.2 Å². The van der Waals surface area contributed by atoms with Crippen LogP contribution in [0.25, 0.3) is 0 Å². The van der Waals surface area contributed by atoms with E-state index in [9.17, 15) is 4.79 Å². The molecule has 2 aliphatic rings. The van der Waals surface area contributed by atoms with Gasteiger partial charge in [-0.3, -0.25) is 4.90 Å². The first kappa shape index (κ1) is 9.32. The van der Waals surface area contributed by atoms with Crippen molar-refractivity contribution in [2.75, 3.05) is 0 Å². The number of nitriles is 1. The molecule has 2 rings (SSSR count). The van der Waals surface area contributed by atoms with Crippen LogP contribution < -0.4 is 0 Å². The molecule has 0 aromatic carbocycles. The molecule has 0 aromatic rings. The van der Waals surface area contributed by atoms with Crippen molar-refractivity contribution in [2.24, 2.45) is 5.92 Å². The second-order valence-corrected chi connectivity index (χ2v) is 4.21. The molecule has 0 aromatic heterocycles. The highest BCUT2D eigenvalue weighted by Crippen LogP contribution is 2.39. The summed E-state index contributed by atoms with van der Waals surface area (Å²) >= 11 is 0. The second kappa shape index (κ2) is 3.49. The highest BCUT2D eigenvalue weighted by atomic mass is 16.4. The lowest BCUT2D eigenvalue weighted by Gasteiger charge is -2.28. The van der Waals surface area contributed by atoms with Gasteiger partial charge in [-0.1, -0.05) is 12.8 Å². The Morgan fingerprint density at radius 2 is 2.14 bits per heavy atom. The summed E-state index contributed by atoms with van der Waals surface area (Å²) in [5.41, 5.74) is 0. The predicted octanol–water partition coefficient (Wildman–Crippen LogP) is 1.19. The Balaban J connectivity index is 2.17. The van der Waals surface area contributed by atoms with Crippen LogP contribution in [-0.4, -0.2) is 28.1 Å². The zero-order valence-corrected chi connectivity index (χ0v) is 8.02. The molecule has 0 bridgehead atoms. The van der Waals surface area contributed by atoms with Gasteiger partial charge in [0.2, 0.25) is 0 Å². The molecule has 1 saturated carbocycles. The second-order valence-electron chi connectivity index (χ2n) is 4.21. The van der Waals surface area contributed by atoms with Gasteiger partial charge in [-0.15, -0.1) is 0 Å². The van der Waals surface area contributed by atoms with Crippen LogP contribution in [0.5, 0.6) is 0 Å². The van der Waals surface area contributed by atoms with E-state index in [1.54, 1.807) is 0 Å². The summed E-state index contributed by atoms with van der Waals surface area (Å²) in [6, 6.07) is -0.358. The topological polar surface area (TPSA) is 64.3 Å². The van der Waals surface area contributed by atoms with Crippen LogP contribution in [-0.2, 0) is 4.79 Å². The minimum absolute atomic E-state index is 0.204. The summed E-state index contributed by atoms with van der Waals surface area (Å²) in [6.07, 6.45) is 7.10. The molecular weight excluding hydrogens is 180 g/mol. The van der Waals surface area contributed by atoms with Crippen molar-refractivity contribution in [3.8, 4) is 6.19 Å². The fourth-order valence-corrected chi connectivity index (χ4v) is 2.82. The number of fused-ring (bicyclic) bond motifs is 1. The van der Waals surface area contributed by atoms with E-state index < -0.39 is 12.0 Å². The Morgan fingerprint density at radius 1 is 1.43 bits per heavy atom. The molecule has 1 N–H and O–H groups in total. The molecule has 1 heterocycles. The fourth-order valence-electron chi connectivity index (χ4n) is 2.82. The maximum atomic E-state index is 10.9. The minimum Gasteiger partial charge on any atom is -0.480 e. The largest absolute Gasteiger partial charge is 0.480 e. The lowest BCUT2D eigenvalue weighted by molar-refractivity contribution is -0.141. The molecule has 1 aliphatic carbocycles. The van der Waals surface area contributed by atoms with Crippen molar-refractivity contribution in [1.29, 1.82) is 5.26 Å². The number of hydrogen-bond acceptors (Lipinski definition) is 3. The van der Waals surface area contributed by atoms with E-state index in [0.29, 0.717) is 12.3 Å². The van der Waals surface area contributed by atoms with Gasteiger partial charge in [0.1, 0.15) is 6.04 Å². The van der Waals surface area contributed by atoms with E-state index in [1.165, 1.54) is 11.3 Å². The molecule has 0 spiro atoms. The number of carboxylic acids is 1. The molecule has 1 saturated heterocycles. The molecule has 0 radical (unpaired) electrons. The predicted molar refractivity (Wildman–Crippen MR) is 49.2 cm³/mol. The highest BCUT2D eigenvalue weighted by Gasteiger charge is 2.44. The third kappa shape index (κ3) is 1.33. The summed E-state index contributed by atoms with van der Waals surface area (Å²) in [6.45, 7) is 0. The third-order valence-corrected chi connectivity index (χ3v) is 3.49. The molecule has 76 valence electrons. The van der Waals surface area contributed by atoms with E-state index in [-0.39, 0.29) is 6.04 Å². The number of aliphatic carboxylic acids is 1. The average molecular weight is 194 g/mol. The molecule has 2 fully saturated rings. The number of rotatable bonds is 1. The van der Waals surface area contributed by atoms with Gasteiger partial charge in [-0.2, -0.15) is 5.26 Å². The molecule has 3 unspecified atom stereocenters. The fraction of sp³-hybridized carbons (Fsp3) is 0.800. The quantitative estimate of drug-likeness (QED) is 0.637. The maximum absolute atomic E-state index is 10.9. The molecule has 4 nitrogen and oxygen atoms in total. The van der Waals surface area contributed by atoms with Gasteiger partial charge in [0, 0.05) is 6.04 Å². The van der Waals surface area contributed by atoms with Crippen molar-refractivity contribution in [1.82, 2.24) is 4.90 Å². The number of nitrogens with zero attached hydrogens (tertiary/aromatic N) is 2. The van der Waals surface area contributed by atoms with Gasteiger partial charge in [-0.25, -0.2) is 4.79 Å². The zero-order valence-electron chi connectivity index (χ0n) is 8.02. The van der Waals surface area contributed by atoms with E-state index >= 15 is 0 Å². The number of hydrogen-bond donors (Lipinski definition) is 1. The zero-order chi connectivity index (χ0) is 10.1. The van der Waals surface area contributed by atoms with Gasteiger partial charge < -0.3 is 5.11 Å². The first-order valence-electron chi connectivity index (χ1n) is 5.15. The number of likely N-dealkylation sites (tertiary alicyclic amines) is 1. The molecule has 0 amide bonds. The van der Waals surface area contributed by atoms with E-state index in [0.717, 1.165) is 19.3 Å². The molecular formula is C10H14N2O2. The third-order valence-electron chi connectivity index (χ3n) is 3.49. The van der Waals surface area contributed by atoms with Crippen LogP contribution in [0.15, 0.2) is 0 Å². The van der Waals surface area contributed by atoms with Crippen molar-refractivity contribution in [2.45, 2.75) is 44.2 Å². The normalized spacial score (nSPS) is 36.2. The molecule has 1 aliphatic heterocycles. The standard InChI is InChI=1S/C10H14N2O2/c11-6-12-8-4-2-1-3-7(8)5-9(12)10(13)14/h7-9H,1-5H2,(H,13,14). The smallest absolute Gasteiger partial charge is 0.327 e. The van der Waals surface area contributed by atoms with Gasteiger partial charge in [0.15, 0.2) is 6.19 Å². The Labute approximate surface area is 83.1 Å². The SMILES string of the molecule is N#CN1C(C(=O)O)CC2CCCCC21. The van der Waals surface area contributed by atoms with Crippen LogP contribution in [0.3, 0.4) is 0 Å². The first-order chi connectivity index (χ1) is 6.74. The van der Waals surface area contributed by atoms with Crippen molar-refractivity contribution >= 4 is 5.97 Å². The van der Waals surface area contributed by atoms with Crippen molar-refractivity contribution in [3.63, 3.8) is 0 Å². The van der Waals surface area contributed by atoms with E-state index in [4.69, 9.17) is 10.4 Å². The van der Waals surface area contributed by atoms with Crippen LogP contribution in [0, 0.1) is 17.4 Å². The summed E-state index contributed by atoms with van der Waals surface area (Å²) in [5, 5.41) is 17.9. The van der Waals surface area contributed by atoms with E-state index in [2.05, 4.69) is 0 Å². The Bertz CT molecular complexity index is 284. The summed E-state index contributed by atoms with van der Waals surface area (Å²) in [7, 11) is 0. The average Bonchev–Trinajstić information content (AvgIpc) is 2.56. The van der Waals surface area contributed by atoms with Crippen LogP contribution in [0.1, 0.15) is 32.1 Å². The van der Waals surface area contributed by atoms with Gasteiger partial charge in [0.05, 0.1) is 0 Å². The Morgan fingerprint density at radius 3 is 2.79 bits per heavy atom. The summed E-state index contributed by atoms with van der Waals surface area (Å²) < 4.78 is 0. The van der Waals surface area contributed by atoms with Crippen molar-refractivity contribution in [3.05, 3.63) is 0 Å². The van der Waals surface area contributed by atoms with Crippen LogP contribution in [0.2, 0.25) is 0 Å². The van der Waals surface area contributed by atoms with Crippen LogP contribution >= 0.6 is 0 Å². The molecule has 4 heteroatoms. The Hall–Kier alpha value is -1.24. The summed E-state index contributed by atoms with van der Waals surface area (Å²) in [5.74, 6) is -0.412. The van der Waals surface area contributed by atoms with Gasteiger partial charge >= 0.3 is 5.97 Å². The molecule has 14 heavy (non-hydrogen) atoms.